The summed E-state index contributed by atoms with van der Waals surface area (Å²) in [5, 5.41) is 121. The van der Waals surface area contributed by atoms with Gasteiger partial charge in [-0.05, 0) is 32.1 Å². The van der Waals surface area contributed by atoms with Gasteiger partial charge in [0, 0.05) is 33.7 Å². The number of hydrogen-bond acceptors (Lipinski definition) is 33. The van der Waals surface area contributed by atoms with Crippen LogP contribution < -0.4 is 26.6 Å². The molecule has 3 rings (SSSR count). The Morgan fingerprint density at radius 2 is 0.802 bits per heavy atom. The number of hydrogen-bond donors (Lipinski definition) is 16. The van der Waals surface area contributed by atoms with E-state index in [4.69, 9.17) is 76.5 Å². The van der Waals surface area contributed by atoms with E-state index >= 15 is 0 Å². The first-order chi connectivity index (χ1) is 48.4. The number of rotatable bonds is 58. The summed E-state index contributed by atoms with van der Waals surface area (Å²) < 4.78 is 82.3. The van der Waals surface area contributed by atoms with Gasteiger partial charge in [0.1, 0.15) is 92.8 Å². The molecule has 0 radical (unpaired) electrons. The summed E-state index contributed by atoms with van der Waals surface area (Å²) in [4.78, 5) is 99.2. The zero-order valence-electron chi connectivity index (χ0n) is 57.5. The smallest absolute Gasteiger partial charge is 0.326 e. The number of carbonyl (C=O) groups excluding carboxylic acids is 7. The summed E-state index contributed by atoms with van der Waals surface area (Å²) in [5.41, 5.74) is -0.501. The molecular formula is C62H108N6O33. The van der Waals surface area contributed by atoms with Gasteiger partial charge >= 0.3 is 5.97 Å². The van der Waals surface area contributed by atoms with Crippen LogP contribution in [0.25, 0.3) is 0 Å². The second-order valence-corrected chi connectivity index (χ2v) is 23.5. The minimum Gasteiger partial charge on any atom is -0.480 e. The molecule has 0 aromatic heterocycles. The van der Waals surface area contributed by atoms with Crippen molar-refractivity contribution >= 4 is 52.8 Å². The number of unbranched alkanes of at least 4 members (excludes halogenated alkanes) is 3. The number of amides is 5. The minimum absolute atomic E-state index is 0.00413. The van der Waals surface area contributed by atoms with E-state index in [0.717, 1.165) is 6.92 Å². The number of aliphatic carboxylic acids is 1. The van der Waals surface area contributed by atoms with Gasteiger partial charge in [-0.25, -0.2) is 4.79 Å². The number of ketones is 2. The van der Waals surface area contributed by atoms with Gasteiger partial charge in [0.05, 0.1) is 156 Å². The van der Waals surface area contributed by atoms with Crippen LogP contribution in [0.2, 0.25) is 0 Å². The summed E-state index contributed by atoms with van der Waals surface area (Å²) in [6.07, 6.45) is -14.1. The molecule has 3 aliphatic rings. The largest absolute Gasteiger partial charge is 0.480 e. The summed E-state index contributed by atoms with van der Waals surface area (Å²) in [7, 11) is 0. The predicted molar refractivity (Wildman–Crippen MR) is 342 cm³/mol. The maximum Gasteiger partial charge on any atom is 0.326 e. The number of carboxylic acids is 1. The molecule has 101 heavy (non-hydrogen) atoms. The number of aliphatic hydroxyl groups excluding tert-OH is 9. The fourth-order valence-electron chi connectivity index (χ4n) is 10.2. The molecule has 0 spiro atoms. The highest BCUT2D eigenvalue weighted by atomic mass is 16.7. The van der Waals surface area contributed by atoms with Gasteiger partial charge in [-0.15, -0.1) is 0 Å². The highest BCUT2D eigenvalue weighted by Crippen LogP contribution is 2.29. The lowest BCUT2D eigenvalue weighted by Gasteiger charge is -2.42. The third kappa shape index (κ3) is 35.9. The topological polar surface area (TPSA) is 561 Å². The third-order valence-corrected chi connectivity index (χ3v) is 15.5. The van der Waals surface area contributed by atoms with Crippen LogP contribution in [-0.4, -0.2) is 367 Å². The molecule has 3 aliphatic heterocycles. The molecule has 3 saturated heterocycles. The van der Waals surface area contributed by atoms with Crippen LogP contribution in [0.4, 0.5) is 0 Å². The maximum absolute atomic E-state index is 13.7. The monoisotopic (exact) mass is 1460 g/mol. The van der Waals surface area contributed by atoms with E-state index in [1.54, 1.807) is 0 Å². The van der Waals surface area contributed by atoms with Crippen LogP contribution in [0, 0.1) is 11.3 Å². The van der Waals surface area contributed by atoms with E-state index in [0.29, 0.717) is 32.1 Å². The number of nitrogens with one attached hydrogen (secondary N) is 6. The van der Waals surface area contributed by atoms with Crippen molar-refractivity contribution in [1.29, 1.82) is 5.41 Å². The average molecular weight is 1470 g/mol. The maximum atomic E-state index is 13.7. The summed E-state index contributed by atoms with van der Waals surface area (Å²) >= 11 is 0. The Balaban J connectivity index is 1.34. The Morgan fingerprint density at radius 3 is 1.23 bits per heavy atom. The van der Waals surface area contributed by atoms with Gasteiger partial charge < -0.3 is 154 Å². The van der Waals surface area contributed by atoms with E-state index in [1.807, 2.05) is 0 Å². The first-order valence-electron chi connectivity index (χ1n) is 33.6. The first kappa shape index (κ1) is 90.1. The van der Waals surface area contributed by atoms with Crippen molar-refractivity contribution < 1.29 is 160 Å². The van der Waals surface area contributed by atoms with Gasteiger partial charge in [0.2, 0.25) is 29.5 Å². The molecule has 584 valence electrons. The molecule has 0 bridgehead atoms. The molecule has 0 aromatic carbocycles. The molecule has 0 aromatic rings. The van der Waals surface area contributed by atoms with Crippen molar-refractivity contribution in [3.63, 3.8) is 0 Å². The molecule has 11 unspecified atom stereocenters. The second kappa shape index (κ2) is 52.8. The number of carboxylic acid groups (broad SMARTS) is 1. The normalized spacial score (nSPS) is 25.7. The molecule has 0 saturated carbocycles. The van der Waals surface area contributed by atoms with Crippen LogP contribution >= 0.6 is 0 Å². The average Bonchev–Trinajstić information content (AvgIpc) is 0.813. The van der Waals surface area contributed by atoms with Gasteiger partial charge in [0.15, 0.2) is 30.4 Å². The van der Waals surface area contributed by atoms with Crippen LogP contribution in [0.5, 0.6) is 0 Å². The highest BCUT2D eigenvalue weighted by molar-refractivity contribution is 6.38. The summed E-state index contributed by atoms with van der Waals surface area (Å²) in [6.45, 7) is 2.27. The Morgan fingerprint density at radius 1 is 0.426 bits per heavy atom. The Labute approximate surface area is 584 Å². The third-order valence-electron chi connectivity index (χ3n) is 15.5. The molecule has 39 nitrogen and oxygen atoms in total. The second-order valence-electron chi connectivity index (χ2n) is 23.5. The first-order valence-corrected chi connectivity index (χ1v) is 33.6. The quantitative estimate of drug-likeness (QED) is 0.0199. The minimum atomic E-state index is -1.58. The Hall–Kier alpha value is -5.13. The number of Topliss-reactive ketones (excluding diaryl/α,β-unsaturated/α-hetero) is 2. The standard InChI is InChI=1S/C62H108N6O33/c1-37(72)49(63)48-55(81)52(78)43(31-69)99-60(48)96-28-25-90-16-13-87-19-22-93-34-40(75)9-5-4-6-11-42(59(85)86)68-58(84)41(67-47(77)36-95-24-21-89-15-18-92-27-30-98-62-51(66-39(3)74)57(83)54(80)45(33-71)101-62)10-7-8-12-64-46(76)35-94-23-20-88-14-17-91-26-29-97-61-50(65-38(2)73)56(82)53(79)44(32-70)100-61/h41-45,48,50-57,60-63,69-71,78-83H,4-36H2,1-3H3,(H,64,76)(H,65,73)(H,66,74)(H,67,77)(H,68,84)(H,85,86)/t41?,42-,43?,44+,45?,48+,50+,51+,52?,53?,54?,55?,56?,57?,60?,61+,62?/m0/s1. The van der Waals surface area contributed by atoms with Gasteiger partial charge in [-0.3, -0.25) is 33.6 Å². The summed E-state index contributed by atoms with van der Waals surface area (Å²) in [6, 6.07) is -4.76. The van der Waals surface area contributed by atoms with E-state index in [1.165, 1.54) is 13.8 Å². The highest BCUT2D eigenvalue weighted by Gasteiger charge is 2.49. The molecule has 17 atom stereocenters. The van der Waals surface area contributed by atoms with Crippen molar-refractivity contribution in [2.45, 2.75) is 170 Å². The van der Waals surface area contributed by atoms with Crippen molar-refractivity contribution in [3.05, 3.63) is 0 Å². The zero-order chi connectivity index (χ0) is 74.5. The Bertz CT molecular complexity index is 2390. The van der Waals surface area contributed by atoms with Crippen LogP contribution in [0.3, 0.4) is 0 Å². The molecule has 0 aliphatic carbocycles. The molecule has 3 fully saturated rings. The fourth-order valence-corrected chi connectivity index (χ4v) is 10.2. The van der Waals surface area contributed by atoms with Crippen molar-refractivity contribution in [3.8, 4) is 0 Å². The fraction of sp³-hybridized carbons (Fsp3) is 0.855. The van der Waals surface area contributed by atoms with Crippen molar-refractivity contribution in [2.24, 2.45) is 5.92 Å². The molecule has 16 N–H and O–H groups in total. The van der Waals surface area contributed by atoms with Gasteiger partial charge in [-0.1, -0.05) is 12.8 Å². The lowest BCUT2D eigenvalue weighted by Crippen LogP contribution is -2.64. The molecule has 3 heterocycles. The van der Waals surface area contributed by atoms with E-state index in [-0.39, 0.29) is 164 Å². The van der Waals surface area contributed by atoms with E-state index < -0.39 is 177 Å². The van der Waals surface area contributed by atoms with Crippen LogP contribution in [0.1, 0.15) is 72.1 Å². The SMILES string of the molecule is CC(=O)N[C@H]1C(OCCOCCOCCOCC(=O)NC(CCCCNC(=O)COCCOCCOCCO[C@@H]2O[C@H](CO)C(O)C(O)[C@H]2NC(C)=O)C(=O)N[C@@H](CCCCCC(=O)COCCOCCOCCOC2OC(CO)C(O)C(O)[C@H]2C(=N)C(C)=O)C(=O)O)OC(CO)C(O)C1O. The number of ether oxygens (including phenoxy) is 15. The number of aliphatic hydroxyl groups is 9. The zero-order valence-corrected chi connectivity index (χ0v) is 57.5. The van der Waals surface area contributed by atoms with Crippen molar-refractivity contribution in [2.75, 3.05) is 165 Å². The Kier molecular flexibility index (Phi) is 47.1. The predicted octanol–water partition coefficient (Wildman–Crippen LogP) is -7.40. The van der Waals surface area contributed by atoms with Crippen LogP contribution in [-0.2, 0) is 109 Å². The lowest BCUT2D eigenvalue weighted by atomic mass is 9.86. The molecule has 5 amide bonds. The van der Waals surface area contributed by atoms with Crippen molar-refractivity contribution in [1.82, 2.24) is 26.6 Å². The van der Waals surface area contributed by atoms with E-state index in [9.17, 15) is 89.4 Å². The van der Waals surface area contributed by atoms with Gasteiger partial charge in [-0.2, -0.15) is 0 Å². The molecular weight excluding hydrogens is 1360 g/mol. The van der Waals surface area contributed by atoms with Crippen LogP contribution in [0.15, 0.2) is 0 Å². The summed E-state index contributed by atoms with van der Waals surface area (Å²) in [5.74, 6) is -6.35. The molecule has 39 heteroatoms. The number of carbonyl (C=O) groups is 8. The van der Waals surface area contributed by atoms with Gasteiger partial charge in [0.25, 0.3) is 0 Å². The lowest BCUT2D eigenvalue weighted by molar-refractivity contribution is -0.274. The van der Waals surface area contributed by atoms with E-state index in [2.05, 4.69) is 26.6 Å².